The maximum absolute atomic E-state index is 13.0. The zero-order valence-electron chi connectivity index (χ0n) is 22.7. The predicted molar refractivity (Wildman–Crippen MR) is 153 cm³/mol. The summed E-state index contributed by atoms with van der Waals surface area (Å²) < 4.78 is 69.1. The molecule has 41 heavy (non-hydrogen) atoms. The van der Waals surface area contributed by atoms with Crippen LogP contribution in [0.25, 0.3) is 11.0 Å². The number of nitrogens with one attached hydrogen (secondary N) is 1. The van der Waals surface area contributed by atoms with Crippen molar-refractivity contribution in [1.29, 1.82) is 0 Å². The lowest BCUT2D eigenvalue weighted by Crippen LogP contribution is -2.32. The maximum Gasteiger partial charge on any atom is 0.416 e. The van der Waals surface area contributed by atoms with E-state index in [9.17, 15) is 26.4 Å². The first-order valence-corrected chi connectivity index (χ1v) is 14.9. The van der Waals surface area contributed by atoms with Gasteiger partial charge in [-0.1, -0.05) is 31.5 Å². The number of alkyl halides is 3. The Morgan fingerprint density at radius 2 is 1.85 bits per heavy atom. The summed E-state index contributed by atoms with van der Waals surface area (Å²) in [6.45, 7) is 4.52. The van der Waals surface area contributed by atoms with E-state index in [2.05, 4.69) is 15.3 Å². The number of anilines is 2. The minimum absolute atomic E-state index is 0.00760. The number of benzene rings is 2. The molecule has 1 amide bonds. The number of fused-ring (bicyclic) bond motifs is 1. The molecule has 0 spiro atoms. The van der Waals surface area contributed by atoms with Crippen LogP contribution in [0.2, 0.25) is 5.02 Å². The van der Waals surface area contributed by atoms with Crippen LogP contribution in [0, 0.1) is 0 Å². The van der Waals surface area contributed by atoms with E-state index in [-0.39, 0.29) is 23.1 Å². The summed E-state index contributed by atoms with van der Waals surface area (Å²) in [5, 5.41) is 2.75. The first-order chi connectivity index (χ1) is 19.3. The fourth-order valence-corrected chi connectivity index (χ4v) is 4.61. The summed E-state index contributed by atoms with van der Waals surface area (Å²) in [4.78, 5) is 22.3. The number of ether oxygens (including phenoxy) is 1. The Bertz CT molecular complexity index is 1630. The molecule has 14 heteroatoms. The van der Waals surface area contributed by atoms with Crippen molar-refractivity contribution in [1.82, 2.24) is 19.9 Å². The standard InChI is InChI=1S/C25H23ClF3N5O4S.C2H6/c1-33(17-6-7-21(19(26)13-17)38-18-5-3-4-16(12-18)25(27,28)29)24-23-20(31-15-32-24)8-10-34(23)11-9-30-22(35)14-39(2,36)37;1-2/h3-8,10,12-13,15H,9,11,14H2,1-2H3,(H,30,35);1-2H3. The monoisotopic (exact) mass is 611 g/mol. The Hall–Kier alpha value is -3.84. The third-order valence-corrected chi connectivity index (χ3v) is 6.69. The Kier molecular flexibility index (Phi) is 10.2. The minimum atomic E-state index is -4.50. The van der Waals surface area contributed by atoms with Gasteiger partial charge in [-0.25, -0.2) is 18.4 Å². The predicted octanol–water partition coefficient (Wildman–Crippen LogP) is 5.85. The number of hydrogen-bond acceptors (Lipinski definition) is 7. The molecule has 0 unspecified atom stereocenters. The molecule has 2 aromatic heterocycles. The zero-order chi connectivity index (χ0) is 30.4. The molecule has 0 aliphatic rings. The van der Waals surface area contributed by atoms with Gasteiger partial charge in [0.25, 0.3) is 0 Å². The molecule has 0 saturated carbocycles. The highest BCUT2D eigenvalue weighted by Crippen LogP contribution is 2.37. The van der Waals surface area contributed by atoms with Crippen LogP contribution in [0.3, 0.4) is 0 Å². The SMILES string of the molecule is CC.CN(c1ccc(Oc2cccc(C(F)(F)F)c2)c(Cl)c1)c1ncnc2ccn(CCNC(=O)CS(C)(=O)=O)c12. The number of aromatic nitrogens is 3. The molecular weight excluding hydrogens is 583 g/mol. The molecule has 2 aromatic carbocycles. The van der Waals surface area contributed by atoms with Crippen LogP contribution < -0.4 is 15.0 Å². The molecule has 0 radical (unpaired) electrons. The molecule has 0 saturated heterocycles. The molecule has 220 valence electrons. The van der Waals surface area contributed by atoms with E-state index in [0.717, 1.165) is 18.4 Å². The summed E-state index contributed by atoms with van der Waals surface area (Å²) >= 11 is 6.42. The van der Waals surface area contributed by atoms with Crippen LogP contribution >= 0.6 is 11.6 Å². The van der Waals surface area contributed by atoms with Crippen molar-refractivity contribution in [2.75, 3.05) is 30.5 Å². The Morgan fingerprint density at radius 3 is 2.51 bits per heavy atom. The van der Waals surface area contributed by atoms with Crippen LogP contribution in [-0.2, 0) is 27.4 Å². The largest absolute Gasteiger partial charge is 0.456 e. The molecule has 2 heterocycles. The van der Waals surface area contributed by atoms with Gasteiger partial charge in [-0.15, -0.1) is 0 Å². The average Bonchev–Trinajstić information content (AvgIpc) is 3.32. The molecule has 4 rings (SSSR count). The molecule has 1 N–H and O–H groups in total. The van der Waals surface area contributed by atoms with Gasteiger partial charge in [0.05, 0.1) is 16.1 Å². The Balaban J connectivity index is 0.00000226. The third-order valence-electron chi connectivity index (χ3n) is 5.61. The van der Waals surface area contributed by atoms with Gasteiger partial charge in [-0.2, -0.15) is 13.2 Å². The number of carbonyl (C=O) groups is 1. The van der Waals surface area contributed by atoms with Gasteiger partial charge >= 0.3 is 6.18 Å². The number of halogens is 4. The number of hydrogen-bond donors (Lipinski definition) is 1. The van der Waals surface area contributed by atoms with E-state index in [1.54, 1.807) is 42.4 Å². The molecule has 0 aliphatic carbocycles. The van der Waals surface area contributed by atoms with Crippen molar-refractivity contribution >= 4 is 49.9 Å². The molecule has 0 aliphatic heterocycles. The van der Waals surface area contributed by atoms with Crippen molar-refractivity contribution in [3.8, 4) is 11.5 Å². The van der Waals surface area contributed by atoms with Crippen LogP contribution in [0.5, 0.6) is 11.5 Å². The number of sulfone groups is 1. The lowest BCUT2D eigenvalue weighted by atomic mass is 10.2. The van der Waals surface area contributed by atoms with Crippen LogP contribution in [0.4, 0.5) is 24.7 Å². The molecule has 0 bridgehead atoms. The minimum Gasteiger partial charge on any atom is -0.456 e. The topological polar surface area (TPSA) is 106 Å². The molecule has 4 aromatic rings. The van der Waals surface area contributed by atoms with Gasteiger partial charge in [0.15, 0.2) is 15.7 Å². The fourth-order valence-electron chi connectivity index (χ4n) is 3.82. The second-order valence-electron chi connectivity index (χ2n) is 8.66. The van der Waals surface area contributed by atoms with E-state index in [0.29, 0.717) is 29.1 Å². The highest BCUT2D eigenvalue weighted by Gasteiger charge is 2.30. The van der Waals surface area contributed by atoms with E-state index in [1.807, 2.05) is 18.4 Å². The van der Waals surface area contributed by atoms with Crippen LogP contribution in [-0.4, -0.2) is 54.5 Å². The quantitative estimate of drug-likeness (QED) is 0.253. The lowest BCUT2D eigenvalue weighted by molar-refractivity contribution is -0.137. The number of amides is 1. The second-order valence-corrected chi connectivity index (χ2v) is 11.2. The van der Waals surface area contributed by atoms with Crippen molar-refractivity contribution in [2.45, 2.75) is 26.6 Å². The van der Waals surface area contributed by atoms with E-state index < -0.39 is 33.2 Å². The summed E-state index contributed by atoms with van der Waals surface area (Å²) in [6.07, 6.45) is -0.336. The van der Waals surface area contributed by atoms with Gasteiger partial charge in [0.1, 0.15) is 29.1 Å². The van der Waals surface area contributed by atoms with Crippen molar-refractivity contribution in [2.24, 2.45) is 0 Å². The number of carbonyl (C=O) groups excluding carboxylic acids is 1. The number of nitrogens with zero attached hydrogens (tertiary/aromatic N) is 4. The van der Waals surface area contributed by atoms with E-state index in [1.165, 1.54) is 18.5 Å². The third kappa shape index (κ3) is 8.33. The van der Waals surface area contributed by atoms with Gasteiger partial charge in [-0.05, 0) is 42.5 Å². The smallest absolute Gasteiger partial charge is 0.416 e. The molecule has 9 nitrogen and oxygen atoms in total. The zero-order valence-corrected chi connectivity index (χ0v) is 24.3. The summed E-state index contributed by atoms with van der Waals surface area (Å²) in [5.41, 5.74) is 1.09. The average molecular weight is 612 g/mol. The van der Waals surface area contributed by atoms with Crippen LogP contribution in [0.15, 0.2) is 61.1 Å². The summed E-state index contributed by atoms with van der Waals surface area (Å²) in [6, 6.07) is 11.1. The summed E-state index contributed by atoms with van der Waals surface area (Å²) in [5.74, 6) is -0.495. The summed E-state index contributed by atoms with van der Waals surface area (Å²) in [7, 11) is -1.68. The van der Waals surface area contributed by atoms with Gasteiger partial charge in [-0.3, -0.25) is 4.79 Å². The van der Waals surface area contributed by atoms with Crippen LogP contribution in [0.1, 0.15) is 19.4 Å². The highest BCUT2D eigenvalue weighted by atomic mass is 35.5. The Morgan fingerprint density at radius 1 is 1.12 bits per heavy atom. The molecule has 0 atom stereocenters. The van der Waals surface area contributed by atoms with E-state index >= 15 is 0 Å². The highest BCUT2D eigenvalue weighted by molar-refractivity contribution is 7.91. The molecule has 0 fully saturated rings. The van der Waals surface area contributed by atoms with Gasteiger partial charge in [0, 0.05) is 38.3 Å². The van der Waals surface area contributed by atoms with Crippen molar-refractivity contribution in [3.05, 3.63) is 71.6 Å². The van der Waals surface area contributed by atoms with Gasteiger partial charge < -0.3 is 19.5 Å². The fraction of sp³-hybridized carbons (Fsp3) is 0.296. The second kappa shape index (κ2) is 13.2. The van der Waals surface area contributed by atoms with E-state index in [4.69, 9.17) is 16.3 Å². The molecular formula is C27H29ClF3N5O4S. The first-order valence-electron chi connectivity index (χ1n) is 12.4. The Labute approximate surface area is 240 Å². The number of rotatable bonds is 9. The van der Waals surface area contributed by atoms with Crippen molar-refractivity contribution in [3.63, 3.8) is 0 Å². The maximum atomic E-state index is 13.0. The van der Waals surface area contributed by atoms with Gasteiger partial charge in [0.2, 0.25) is 5.91 Å². The lowest BCUT2D eigenvalue weighted by Gasteiger charge is -2.21. The van der Waals surface area contributed by atoms with Crippen molar-refractivity contribution < 1.29 is 31.1 Å². The normalized spacial score (nSPS) is 11.5. The first kappa shape index (κ1) is 31.7.